The summed E-state index contributed by atoms with van der Waals surface area (Å²) in [6, 6.07) is 44.5. The van der Waals surface area contributed by atoms with Crippen molar-refractivity contribution in [2.45, 2.75) is 38.5 Å². The fourth-order valence-corrected chi connectivity index (χ4v) is 5.12. The molecular formula is C36H34O. The molecule has 0 spiro atoms. The summed E-state index contributed by atoms with van der Waals surface area (Å²) in [5, 5.41) is 10.6. The van der Waals surface area contributed by atoms with Crippen molar-refractivity contribution in [2.75, 3.05) is 0 Å². The molecule has 5 rings (SSSR count). The minimum absolute atomic E-state index is 0.166. The zero-order valence-electron chi connectivity index (χ0n) is 22.1. The average Bonchev–Trinajstić information content (AvgIpc) is 2.94. The quantitative estimate of drug-likeness (QED) is 0.255. The van der Waals surface area contributed by atoms with Gasteiger partial charge in [-0.05, 0) is 51.1 Å². The van der Waals surface area contributed by atoms with Gasteiger partial charge in [-0.25, -0.2) is 0 Å². The highest BCUT2D eigenvalue weighted by molar-refractivity contribution is 5.71. The summed E-state index contributed by atoms with van der Waals surface area (Å²) in [7, 11) is 0. The Kier molecular flexibility index (Phi) is 6.48. The van der Waals surface area contributed by atoms with Crippen LogP contribution >= 0.6 is 0 Å². The van der Waals surface area contributed by atoms with Gasteiger partial charge < -0.3 is 5.11 Å². The first-order chi connectivity index (χ1) is 17.8. The van der Waals surface area contributed by atoms with E-state index >= 15 is 0 Å². The van der Waals surface area contributed by atoms with Crippen molar-refractivity contribution < 1.29 is 5.11 Å². The molecule has 0 aromatic heterocycles. The van der Waals surface area contributed by atoms with E-state index in [-0.39, 0.29) is 10.8 Å². The van der Waals surface area contributed by atoms with Crippen LogP contribution in [0.1, 0.15) is 49.9 Å². The fourth-order valence-electron chi connectivity index (χ4n) is 5.12. The van der Waals surface area contributed by atoms with Gasteiger partial charge in [0.2, 0.25) is 0 Å². The third kappa shape index (κ3) is 4.82. The van der Waals surface area contributed by atoms with Crippen LogP contribution in [0, 0.1) is 0 Å². The monoisotopic (exact) mass is 482 g/mol. The molecule has 0 aliphatic heterocycles. The van der Waals surface area contributed by atoms with E-state index in [4.69, 9.17) is 0 Å². The van der Waals surface area contributed by atoms with Gasteiger partial charge in [-0.15, -0.1) is 0 Å². The predicted molar refractivity (Wildman–Crippen MR) is 156 cm³/mol. The van der Waals surface area contributed by atoms with Crippen molar-refractivity contribution in [3.05, 3.63) is 150 Å². The van der Waals surface area contributed by atoms with Crippen LogP contribution in [-0.2, 0) is 10.8 Å². The van der Waals surface area contributed by atoms with Crippen molar-refractivity contribution >= 4 is 0 Å². The maximum absolute atomic E-state index is 10.6. The van der Waals surface area contributed by atoms with Crippen LogP contribution in [0.4, 0.5) is 0 Å². The Morgan fingerprint density at radius 1 is 0.405 bits per heavy atom. The number of phenols is 1. The second kappa shape index (κ2) is 9.75. The van der Waals surface area contributed by atoms with E-state index in [2.05, 4.69) is 113 Å². The summed E-state index contributed by atoms with van der Waals surface area (Å²) in [5.41, 5.74) is 8.94. The number of rotatable bonds is 6. The fraction of sp³-hybridized carbons (Fsp3) is 0.167. The topological polar surface area (TPSA) is 20.2 Å². The van der Waals surface area contributed by atoms with E-state index in [1.807, 2.05) is 42.5 Å². The van der Waals surface area contributed by atoms with Gasteiger partial charge in [-0.3, -0.25) is 0 Å². The third-order valence-corrected chi connectivity index (χ3v) is 7.80. The van der Waals surface area contributed by atoms with Gasteiger partial charge in [0.15, 0.2) is 0 Å². The lowest BCUT2D eigenvalue weighted by atomic mass is 9.73. The maximum atomic E-state index is 10.6. The lowest BCUT2D eigenvalue weighted by molar-refractivity contribution is 0.476. The van der Waals surface area contributed by atoms with Gasteiger partial charge in [-0.2, -0.15) is 0 Å². The molecule has 0 amide bonds. The molecule has 0 saturated carbocycles. The number of hydrogen-bond donors (Lipinski definition) is 1. The maximum Gasteiger partial charge on any atom is 0.123 e. The van der Waals surface area contributed by atoms with E-state index < -0.39 is 0 Å². The lowest BCUT2D eigenvalue weighted by Gasteiger charge is -2.31. The van der Waals surface area contributed by atoms with Crippen molar-refractivity contribution in [1.29, 1.82) is 0 Å². The molecule has 1 heteroatoms. The Balaban J connectivity index is 1.52. The van der Waals surface area contributed by atoms with Crippen molar-refractivity contribution in [1.82, 2.24) is 0 Å². The number of hydrogen-bond acceptors (Lipinski definition) is 1. The zero-order valence-corrected chi connectivity index (χ0v) is 22.1. The van der Waals surface area contributed by atoms with Gasteiger partial charge in [0.25, 0.3) is 0 Å². The van der Waals surface area contributed by atoms with Crippen molar-refractivity contribution in [2.24, 2.45) is 0 Å². The number of phenolic OH excluding ortho intramolecular Hbond substituents is 1. The van der Waals surface area contributed by atoms with Crippen LogP contribution in [0.15, 0.2) is 127 Å². The first-order valence-electron chi connectivity index (χ1n) is 12.9. The Morgan fingerprint density at radius 3 is 1.46 bits per heavy atom. The Hall–Kier alpha value is -4.10. The van der Waals surface area contributed by atoms with E-state index in [1.54, 1.807) is 0 Å². The van der Waals surface area contributed by atoms with Crippen LogP contribution in [0.2, 0.25) is 0 Å². The van der Waals surface area contributed by atoms with Gasteiger partial charge in [0.1, 0.15) is 5.75 Å². The van der Waals surface area contributed by atoms with E-state index in [0.29, 0.717) is 5.75 Å². The molecule has 5 aromatic carbocycles. The van der Waals surface area contributed by atoms with Crippen molar-refractivity contribution in [3.8, 4) is 28.0 Å². The van der Waals surface area contributed by atoms with Crippen LogP contribution < -0.4 is 0 Å². The molecular weight excluding hydrogens is 448 g/mol. The zero-order chi connectivity index (χ0) is 26.0. The van der Waals surface area contributed by atoms with Crippen LogP contribution in [-0.4, -0.2) is 5.11 Å². The Bertz CT molecular complexity index is 1510. The standard InChI is InChI=1S/C36H34O/c1-35(2,29-18-11-17-28(23-29)26-13-7-5-8-14-26)30-19-12-20-31(24-30)36(3,4)32-21-22-34(37)33(25-32)27-15-9-6-10-16-27/h5-25,37H,1-4H3. The third-order valence-electron chi connectivity index (χ3n) is 7.80. The molecule has 0 unspecified atom stereocenters. The molecule has 0 bridgehead atoms. The molecule has 0 saturated heterocycles. The highest BCUT2D eigenvalue weighted by Gasteiger charge is 2.28. The number of aromatic hydroxyl groups is 1. The summed E-state index contributed by atoms with van der Waals surface area (Å²) in [6.07, 6.45) is 0. The van der Waals surface area contributed by atoms with E-state index in [9.17, 15) is 5.11 Å². The highest BCUT2D eigenvalue weighted by atomic mass is 16.3. The van der Waals surface area contributed by atoms with Gasteiger partial charge in [0.05, 0.1) is 0 Å². The summed E-state index contributed by atoms with van der Waals surface area (Å²) in [5.74, 6) is 0.305. The van der Waals surface area contributed by atoms with Gasteiger partial charge in [0, 0.05) is 16.4 Å². The first-order valence-corrected chi connectivity index (χ1v) is 12.9. The normalized spacial score (nSPS) is 11.9. The molecule has 37 heavy (non-hydrogen) atoms. The second-order valence-electron chi connectivity index (χ2n) is 10.9. The molecule has 0 aliphatic carbocycles. The average molecular weight is 483 g/mol. The molecule has 0 fully saturated rings. The minimum atomic E-state index is -0.241. The van der Waals surface area contributed by atoms with Crippen LogP contribution in [0.5, 0.6) is 5.75 Å². The Labute approximate surface area is 221 Å². The number of benzene rings is 5. The van der Waals surface area contributed by atoms with Gasteiger partial charge >= 0.3 is 0 Å². The van der Waals surface area contributed by atoms with E-state index in [0.717, 1.165) is 11.1 Å². The Morgan fingerprint density at radius 2 is 0.865 bits per heavy atom. The van der Waals surface area contributed by atoms with Gasteiger partial charge in [-0.1, -0.05) is 143 Å². The molecule has 184 valence electrons. The SMILES string of the molecule is CC(C)(c1cccc(-c2ccccc2)c1)c1cccc(C(C)(C)c2ccc(O)c(-c3ccccc3)c2)c1. The summed E-state index contributed by atoms with van der Waals surface area (Å²) in [6.45, 7) is 9.13. The molecule has 5 aromatic rings. The molecule has 0 aliphatic rings. The van der Waals surface area contributed by atoms with Crippen molar-refractivity contribution in [3.63, 3.8) is 0 Å². The summed E-state index contributed by atoms with van der Waals surface area (Å²) < 4.78 is 0. The molecule has 1 nitrogen and oxygen atoms in total. The largest absolute Gasteiger partial charge is 0.507 e. The molecule has 0 heterocycles. The van der Waals surface area contributed by atoms with E-state index in [1.165, 1.54) is 33.4 Å². The lowest BCUT2D eigenvalue weighted by Crippen LogP contribution is -2.23. The van der Waals surface area contributed by atoms with Crippen LogP contribution in [0.3, 0.4) is 0 Å². The smallest absolute Gasteiger partial charge is 0.123 e. The molecule has 1 N–H and O–H groups in total. The second-order valence-corrected chi connectivity index (χ2v) is 10.9. The minimum Gasteiger partial charge on any atom is -0.507 e. The predicted octanol–water partition coefficient (Wildman–Crippen LogP) is 9.38. The summed E-state index contributed by atoms with van der Waals surface area (Å²) >= 11 is 0. The molecule has 0 radical (unpaired) electrons. The summed E-state index contributed by atoms with van der Waals surface area (Å²) in [4.78, 5) is 0. The molecule has 0 atom stereocenters. The first kappa shape index (κ1) is 24.6. The van der Waals surface area contributed by atoms with Crippen LogP contribution in [0.25, 0.3) is 22.3 Å². The highest BCUT2D eigenvalue weighted by Crippen LogP contribution is 2.40.